The molecule has 24 heavy (non-hydrogen) atoms. The molecule has 0 unspecified atom stereocenters. The Labute approximate surface area is 130 Å². The van der Waals surface area contributed by atoms with Crippen LogP contribution in [0.3, 0.4) is 0 Å². The minimum absolute atomic E-state index is 0.552. The second-order valence-corrected chi connectivity index (χ2v) is 4.75. The Bertz CT molecular complexity index is 527. The number of hydrogen-bond donors (Lipinski definition) is 2. The molecule has 142 valence electrons. The van der Waals surface area contributed by atoms with Gasteiger partial charge in [-0.25, -0.2) is 8.78 Å². The fourth-order valence-electron chi connectivity index (χ4n) is 0.742. The van der Waals surface area contributed by atoms with E-state index < -0.39 is 41.5 Å². The molecule has 0 atom stereocenters. The van der Waals surface area contributed by atoms with Crippen molar-refractivity contribution in [1.82, 2.24) is 4.98 Å². The Morgan fingerprint density at radius 1 is 0.917 bits per heavy atom. The Morgan fingerprint density at radius 3 is 1.33 bits per heavy atom. The van der Waals surface area contributed by atoms with Gasteiger partial charge in [0.1, 0.15) is 0 Å². The summed E-state index contributed by atoms with van der Waals surface area (Å²) in [5.74, 6) is -17.3. The molecule has 0 radical (unpaired) electrons. The van der Waals surface area contributed by atoms with E-state index in [0.29, 0.717) is 0 Å². The molecule has 2 N–H and O–H groups in total. The monoisotopic (exact) mass is 393 g/mol. The van der Waals surface area contributed by atoms with Crippen molar-refractivity contribution in [1.29, 1.82) is 0 Å². The number of halogens is 8. The fourth-order valence-corrected chi connectivity index (χ4v) is 0.742. The van der Waals surface area contributed by atoms with Gasteiger partial charge < -0.3 is 0 Å². The van der Waals surface area contributed by atoms with Crippen molar-refractivity contribution in [2.24, 2.45) is 0 Å². The summed E-state index contributed by atoms with van der Waals surface area (Å²) in [4.78, 5) is 3.78. The molecule has 1 heterocycles. The highest BCUT2D eigenvalue weighted by molar-refractivity contribution is 7.79. The molecule has 14 heteroatoms. The summed E-state index contributed by atoms with van der Waals surface area (Å²) in [6.07, 6.45) is -1.34. The summed E-state index contributed by atoms with van der Waals surface area (Å²) in [6, 6.07) is 5.72. The summed E-state index contributed by atoms with van der Waals surface area (Å²) in [7, 11) is -4.67. The Hall–Kier alpha value is -1.54. The molecule has 0 saturated carbocycles. The van der Waals surface area contributed by atoms with Gasteiger partial charge >= 0.3 is 34.6 Å². The third kappa shape index (κ3) is 9.57. The van der Waals surface area contributed by atoms with Gasteiger partial charge in [-0.3, -0.25) is 14.1 Å². The Balaban J connectivity index is 0. The minimum Gasteiger partial charge on any atom is -0.265 e. The fraction of sp³-hybridized carbons (Fsp3) is 0.500. The van der Waals surface area contributed by atoms with Crippen molar-refractivity contribution in [3.8, 4) is 0 Å². The van der Waals surface area contributed by atoms with Crippen molar-refractivity contribution in [2.75, 3.05) is 0 Å². The second kappa shape index (κ2) is 9.08. The molecule has 1 aromatic heterocycles. The van der Waals surface area contributed by atoms with E-state index in [2.05, 4.69) is 4.98 Å². The summed E-state index contributed by atoms with van der Waals surface area (Å²) in [5.41, 5.74) is 0. The van der Waals surface area contributed by atoms with Crippen LogP contribution in [0.15, 0.2) is 30.6 Å². The number of aromatic nitrogens is 1. The van der Waals surface area contributed by atoms with Crippen LogP contribution >= 0.6 is 0 Å². The molecular formula is C10H11F8NO4S. The molecule has 1 rings (SSSR count). The predicted octanol–water partition coefficient (Wildman–Crippen LogP) is 3.61. The van der Waals surface area contributed by atoms with Crippen LogP contribution in [0, 0.1) is 0 Å². The SMILES string of the molecule is CC(F)(F)C(F)(F)C(F)(F)C(F)F.O=S(=O)(O)O.c1ccncc1. The first-order valence-corrected chi connectivity index (χ1v) is 6.80. The summed E-state index contributed by atoms with van der Waals surface area (Å²) in [6.45, 7) is -0.552. The highest BCUT2D eigenvalue weighted by Crippen LogP contribution is 2.47. The topological polar surface area (TPSA) is 87.5 Å². The van der Waals surface area contributed by atoms with Crippen molar-refractivity contribution in [3.05, 3.63) is 30.6 Å². The average Bonchev–Trinajstić information content (AvgIpc) is 2.37. The Kier molecular flexibility index (Phi) is 9.34. The van der Waals surface area contributed by atoms with Gasteiger partial charge in [-0.1, -0.05) is 6.07 Å². The van der Waals surface area contributed by atoms with Crippen molar-refractivity contribution in [3.63, 3.8) is 0 Å². The smallest absolute Gasteiger partial charge is 0.265 e. The largest absolute Gasteiger partial charge is 0.394 e. The van der Waals surface area contributed by atoms with E-state index in [1.165, 1.54) is 0 Å². The lowest BCUT2D eigenvalue weighted by molar-refractivity contribution is -0.333. The highest BCUT2D eigenvalue weighted by atomic mass is 32.3. The number of pyridine rings is 1. The zero-order valence-corrected chi connectivity index (χ0v) is 12.4. The quantitative estimate of drug-likeness (QED) is 0.605. The van der Waals surface area contributed by atoms with Crippen molar-refractivity contribution >= 4 is 10.4 Å². The van der Waals surface area contributed by atoms with Gasteiger partial charge in [0, 0.05) is 19.3 Å². The molecular weight excluding hydrogens is 382 g/mol. The van der Waals surface area contributed by atoms with Crippen LogP contribution in [0.1, 0.15) is 6.92 Å². The Morgan fingerprint density at radius 2 is 1.25 bits per heavy atom. The van der Waals surface area contributed by atoms with Crippen molar-refractivity contribution in [2.45, 2.75) is 31.1 Å². The molecule has 0 aromatic carbocycles. The minimum atomic E-state index is -6.06. The molecule has 0 bridgehead atoms. The molecule has 0 aliphatic heterocycles. The number of hydrogen-bond acceptors (Lipinski definition) is 3. The van der Waals surface area contributed by atoms with Gasteiger partial charge in [-0.05, 0) is 12.1 Å². The maximum atomic E-state index is 12.0. The van der Waals surface area contributed by atoms with E-state index >= 15 is 0 Å². The molecule has 0 aliphatic carbocycles. The van der Waals surface area contributed by atoms with E-state index in [4.69, 9.17) is 17.5 Å². The van der Waals surface area contributed by atoms with E-state index in [-0.39, 0.29) is 0 Å². The van der Waals surface area contributed by atoms with Crippen LogP contribution < -0.4 is 0 Å². The van der Waals surface area contributed by atoms with Gasteiger partial charge in [0.05, 0.1) is 0 Å². The van der Waals surface area contributed by atoms with Gasteiger partial charge in [0.25, 0.3) is 0 Å². The lowest BCUT2D eigenvalue weighted by Crippen LogP contribution is -2.56. The van der Waals surface area contributed by atoms with E-state index in [9.17, 15) is 35.1 Å². The van der Waals surface area contributed by atoms with Crippen LogP contribution in [0.4, 0.5) is 35.1 Å². The molecule has 0 amide bonds. The molecule has 1 aromatic rings. The maximum absolute atomic E-state index is 12.0. The number of alkyl halides is 8. The zero-order valence-electron chi connectivity index (χ0n) is 11.6. The van der Waals surface area contributed by atoms with Gasteiger partial charge in [0.15, 0.2) is 0 Å². The van der Waals surface area contributed by atoms with Crippen LogP contribution in [-0.2, 0) is 10.4 Å². The van der Waals surface area contributed by atoms with Crippen molar-refractivity contribution < 1.29 is 52.6 Å². The normalized spacial score (nSPS) is 12.7. The van der Waals surface area contributed by atoms with E-state index in [1.54, 1.807) is 12.4 Å². The number of rotatable bonds is 3. The lowest BCUT2D eigenvalue weighted by Gasteiger charge is -2.29. The standard InChI is InChI=1S/C5H4F8.C5H5N.H2O4S/c1-3(8,9)5(12,13)4(10,11)2(6)7;1-2-4-6-5-3-1;1-5(2,3)4/h2H,1H3;1-5H;(H2,1,2,3,4). The zero-order chi connectivity index (χ0) is 19.8. The van der Waals surface area contributed by atoms with E-state index in [0.717, 1.165) is 0 Å². The first kappa shape index (κ1) is 24.7. The molecule has 0 saturated heterocycles. The average molecular weight is 393 g/mol. The molecule has 0 fully saturated rings. The summed E-state index contributed by atoms with van der Waals surface area (Å²) < 4.78 is 125. The predicted molar refractivity (Wildman–Crippen MR) is 64.9 cm³/mol. The number of nitrogens with zero attached hydrogens (tertiary/aromatic N) is 1. The lowest BCUT2D eigenvalue weighted by atomic mass is 10.1. The van der Waals surface area contributed by atoms with Gasteiger partial charge in [0.2, 0.25) is 0 Å². The van der Waals surface area contributed by atoms with Crippen LogP contribution in [-0.4, -0.2) is 46.7 Å². The maximum Gasteiger partial charge on any atom is 0.394 e. The third-order valence-electron chi connectivity index (χ3n) is 1.81. The first-order valence-electron chi connectivity index (χ1n) is 5.41. The molecule has 0 aliphatic rings. The second-order valence-electron chi connectivity index (χ2n) is 3.86. The first-order chi connectivity index (χ1) is 10.4. The summed E-state index contributed by atoms with van der Waals surface area (Å²) in [5, 5.41) is 0. The third-order valence-corrected chi connectivity index (χ3v) is 1.81. The van der Waals surface area contributed by atoms with Crippen LogP contribution in [0.5, 0.6) is 0 Å². The van der Waals surface area contributed by atoms with E-state index in [1.807, 2.05) is 18.2 Å². The van der Waals surface area contributed by atoms with Crippen LogP contribution in [0.25, 0.3) is 0 Å². The van der Waals surface area contributed by atoms with Crippen LogP contribution in [0.2, 0.25) is 0 Å². The molecule has 0 spiro atoms. The highest BCUT2D eigenvalue weighted by Gasteiger charge is 2.73. The molecule has 5 nitrogen and oxygen atoms in total. The summed E-state index contributed by atoms with van der Waals surface area (Å²) >= 11 is 0. The van der Waals surface area contributed by atoms with Gasteiger partial charge in [-0.15, -0.1) is 0 Å². The van der Waals surface area contributed by atoms with Gasteiger partial charge in [-0.2, -0.15) is 34.8 Å².